The molecule has 56 valence electrons. The molecular weight excluding hydrogens is 158 g/mol. The van der Waals surface area contributed by atoms with E-state index in [1.807, 2.05) is 5.48 Å². The van der Waals surface area contributed by atoms with Crippen LogP contribution in [0.5, 0.6) is 0 Å². The van der Waals surface area contributed by atoms with Crippen LogP contribution in [0.25, 0.3) is 0 Å². The Bertz CT molecular complexity index is 276. The minimum Gasteiger partial charge on any atom is -0.389 e. The third kappa shape index (κ3) is 1.49. The summed E-state index contributed by atoms with van der Waals surface area (Å²) >= 11 is 0. The molecule has 1 rings (SSSR count). The van der Waals surface area contributed by atoms with Crippen molar-refractivity contribution >= 4 is 10.1 Å². The van der Waals surface area contributed by atoms with Crippen molar-refractivity contribution in [2.75, 3.05) is 0 Å². The molecule has 5 nitrogen and oxygen atoms in total. The first-order valence-corrected chi connectivity index (χ1v) is 3.81. The Labute approximate surface area is 57.7 Å². The van der Waals surface area contributed by atoms with Gasteiger partial charge in [0.15, 0.2) is 5.03 Å². The molecule has 6 heteroatoms. The van der Waals surface area contributed by atoms with Gasteiger partial charge in [-0.05, 0) is 12.2 Å². The lowest BCUT2D eigenvalue weighted by Crippen LogP contribution is -2.20. The lowest BCUT2D eigenvalue weighted by atomic mass is 10.6. The summed E-state index contributed by atoms with van der Waals surface area (Å²) in [5.74, 6) is 0. The van der Waals surface area contributed by atoms with E-state index in [4.69, 9.17) is 4.55 Å². The van der Waals surface area contributed by atoms with Crippen LogP contribution in [0.3, 0.4) is 0 Å². The zero-order valence-electron chi connectivity index (χ0n) is 4.81. The second-order valence-electron chi connectivity index (χ2n) is 1.55. The molecule has 0 fully saturated rings. The minimum atomic E-state index is -4.15. The van der Waals surface area contributed by atoms with E-state index in [1.54, 1.807) is 0 Å². The van der Waals surface area contributed by atoms with E-state index in [9.17, 15) is 8.42 Å². The van der Waals surface area contributed by atoms with Gasteiger partial charge in [0, 0.05) is 0 Å². The van der Waals surface area contributed by atoms with Gasteiger partial charge in [0.05, 0.1) is 0 Å². The van der Waals surface area contributed by atoms with E-state index in [-0.39, 0.29) is 5.03 Å². The van der Waals surface area contributed by atoms with Crippen LogP contribution in [0.2, 0.25) is 0 Å². The second kappa shape index (κ2) is 2.31. The van der Waals surface area contributed by atoms with Gasteiger partial charge in [-0.25, -0.2) is 5.48 Å². The Morgan fingerprint density at radius 1 is 1.60 bits per heavy atom. The van der Waals surface area contributed by atoms with Crippen molar-refractivity contribution in [3.63, 3.8) is 0 Å². The quantitative estimate of drug-likeness (QED) is 0.522. The molecule has 2 N–H and O–H groups in total. The molecule has 0 unspecified atom stereocenters. The monoisotopic (exact) mass is 163 g/mol. The summed E-state index contributed by atoms with van der Waals surface area (Å²) in [5, 5.41) is -0.366. The van der Waals surface area contributed by atoms with Crippen molar-refractivity contribution in [1.82, 2.24) is 5.48 Å². The Kier molecular flexibility index (Phi) is 1.64. The van der Waals surface area contributed by atoms with Crippen molar-refractivity contribution in [3.05, 3.63) is 23.4 Å². The lowest BCUT2D eigenvalue weighted by Gasteiger charge is -2.07. The molecule has 0 bridgehead atoms. The highest BCUT2D eigenvalue weighted by atomic mass is 32.2. The first-order chi connectivity index (χ1) is 4.61. The number of hydrogen-bond donors (Lipinski definition) is 2. The summed E-state index contributed by atoms with van der Waals surface area (Å²) in [6.07, 6.45) is 3.77. The molecule has 1 aliphatic rings. The van der Waals surface area contributed by atoms with Gasteiger partial charge < -0.3 is 4.84 Å². The van der Waals surface area contributed by atoms with Gasteiger partial charge in [0.1, 0.15) is 6.26 Å². The van der Waals surface area contributed by atoms with Crippen LogP contribution >= 0.6 is 0 Å². The predicted molar refractivity (Wildman–Crippen MR) is 33.0 cm³/mol. The SMILES string of the molecule is O=S(=O)(O)C1=CC=CON1. The van der Waals surface area contributed by atoms with Crippen LogP contribution in [0.15, 0.2) is 23.4 Å². The molecule has 0 radical (unpaired) electrons. The Hall–Kier alpha value is -1.01. The summed E-state index contributed by atoms with van der Waals surface area (Å²) in [4.78, 5) is 4.37. The van der Waals surface area contributed by atoms with E-state index in [0.717, 1.165) is 0 Å². The zero-order valence-corrected chi connectivity index (χ0v) is 5.63. The van der Waals surface area contributed by atoms with Crippen molar-refractivity contribution in [1.29, 1.82) is 0 Å². The zero-order chi connectivity index (χ0) is 7.61. The molecular formula is C4H5NO4S. The summed E-state index contributed by atoms with van der Waals surface area (Å²) in [6.45, 7) is 0. The third-order valence-electron chi connectivity index (χ3n) is 0.832. The van der Waals surface area contributed by atoms with Gasteiger partial charge in [-0.3, -0.25) is 4.55 Å². The van der Waals surface area contributed by atoms with Crippen LogP contribution in [-0.4, -0.2) is 13.0 Å². The highest BCUT2D eigenvalue weighted by Crippen LogP contribution is 2.03. The maximum Gasteiger partial charge on any atom is 0.312 e. The summed E-state index contributed by atoms with van der Waals surface area (Å²) in [7, 11) is -4.15. The Morgan fingerprint density at radius 2 is 2.30 bits per heavy atom. The molecule has 0 aromatic carbocycles. The Morgan fingerprint density at radius 3 is 2.60 bits per heavy atom. The highest BCUT2D eigenvalue weighted by molar-refractivity contribution is 7.89. The number of nitrogens with one attached hydrogen (secondary N) is 1. The molecule has 0 saturated carbocycles. The smallest absolute Gasteiger partial charge is 0.312 e. The molecule has 0 aromatic rings. The van der Waals surface area contributed by atoms with Crippen LogP contribution in [0.4, 0.5) is 0 Å². The van der Waals surface area contributed by atoms with E-state index in [1.165, 1.54) is 18.4 Å². The fourth-order valence-corrected chi connectivity index (χ4v) is 0.835. The van der Waals surface area contributed by atoms with Crippen LogP contribution < -0.4 is 5.48 Å². The average molecular weight is 163 g/mol. The number of rotatable bonds is 1. The maximum absolute atomic E-state index is 10.3. The molecule has 0 spiro atoms. The highest BCUT2D eigenvalue weighted by Gasteiger charge is 2.13. The molecule has 0 atom stereocenters. The third-order valence-corrected chi connectivity index (χ3v) is 1.61. The van der Waals surface area contributed by atoms with Gasteiger partial charge in [0.2, 0.25) is 0 Å². The maximum atomic E-state index is 10.3. The standard InChI is InChI=1S/C4H5NO4S/c6-10(7,8)4-2-1-3-9-5-4/h1-3,5H,(H,6,7,8). The first kappa shape index (κ1) is 7.10. The van der Waals surface area contributed by atoms with Gasteiger partial charge in [-0.1, -0.05) is 0 Å². The van der Waals surface area contributed by atoms with E-state index in [2.05, 4.69) is 4.84 Å². The van der Waals surface area contributed by atoms with Gasteiger partial charge in [-0.15, -0.1) is 0 Å². The molecule has 0 aromatic heterocycles. The fraction of sp³-hybridized carbons (Fsp3) is 0. The Balaban J connectivity index is 2.93. The fourth-order valence-electron chi connectivity index (χ4n) is 0.431. The van der Waals surface area contributed by atoms with Crippen molar-refractivity contribution in [2.45, 2.75) is 0 Å². The number of allylic oxidation sites excluding steroid dienone is 2. The molecule has 0 amide bonds. The van der Waals surface area contributed by atoms with Gasteiger partial charge >= 0.3 is 10.1 Å². The predicted octanol–water partition coefficient (Wildman–Crippen LogP) is -0.236. The van der Waals surface area contributed by atoms with E-state index >= 15 is 0 Å². The molecule has 0 saturated heterocycles. The summed E-state index contributed by atoms with van der Waals surface area (Å²) in [5.41, 5.74) is 2.00. The van der Waals surface area contributed by atoms with Crippen LogP contribution in [0, 0.1) is 0 Å². The van der Waals surface area contributed by atoms with Crippen molar-refractivity contribution < 1.29 is 17.8 Å². The minimum absolute atomic E-state index is 0.366. The topological polar surface area (TPSA) is 75.6 Å². The van der Waals surface area contributed by atoms with Crippen molar-refractivity contribution in [2.24, 2.45) is 0 Å². The normalized spacial score (nSPS) is 17.1. The number of hydrogen-bond acceptors (Lipinski definition) is 4. The molecule has 0 aliphatic carbocycles. The average Bonchev–Trinajstić information content (AvgIpc) is 1.88. The second-order valence-corrected chi connectivity index (χ2v) is 2.94. The van der Waals surface area contributed by atoms with E-state index < -0.39 is 10.1 Å². The van der Waals surface area contributed by atoms with Crippen LogP contribution in [0.1, 0.15) is 0 Å². The summed E-state index contributed by atoms with van der Waals surface area (Å²) < 4.78 is 29.0. The lowest BCUT2D eigenvalue weighted by molar-refractivity contribution is 0.165. The molecule has 1 aliphatic heterocycles. The van der Waals surface area contributed by atoms with Crippen molar-refractivity contribution in [3.8, 4) is 0 Å². The summed E-state index contributed by atoms with van der Waals surface area (Å²) in [6, 6.07) is 0. The molecule has 10 heavy (non-hydrogen) atoms. The largest absolute Gasteiger partial charge is 0.389 e. The van der Waals surface area contributed by atoms with E-state index in [0.29, 0.717) is 0 Å². The molecule has 1 heterocycles. The van der Waals surface area contributed by atoms with Crippen LogP contribution in [-0.2, 0) is 15.0 Å². The van der Waals surface area contributed by atoms with Gasteiger partial charge in [-0.2, -0.15) is 8.42 Å². The first-order valence-electron chi connectivity index (χ1n) is 2.37. The van der Waals surface area contributed by atoms with Gasteiger partial charge in [0.25, 0.3) is 0 Å². The number of hydroxylamine groups is 1.